The third-order valence-electron chi connectivity index (χ3n) is 15.8. The molecule has 0 atom stereocenters. The van der Waals surface area contributed by atoms with Gasteiger partial charge in [-0.05, 0) is 118 Å². The minimum absolute atomic E-state index is 0.0119. The molecule has 0 N–H and O–H groups in total. The molecule has 2 fully saturated rings. The highest BCUT2D eigenvalue weighted by atomic mass is 19.4. The lowest BCUT2D eigenvalue weighted by atomic mass is 9.81. The van der Waals surface area contributed by atoms with Gasteiger partial charge in [0.25, 0.3) is 11.6 Å². The van der Waals surface area contributed by atoms with Gasteiger partial charge in [-0.15, -0.1) is 0 Å². The van der Waals surface area contributed by atoms with E-state index in [9.17, 15) is 77.9 Å². The van der Waals surface area contributed by atoms with Crippen molar-refractivity contribution >= 4 is 34.8 Å². The van der Waals surface area contributed by atoms with Crippen LogP contribution in [-0.4, -0.2) is 102 Å². The maximum atomic E-state index is 13.9. The lowest BCUT2D eigenvalue weighted by Gasteiger charge is -2.43. The zero-order valence-electron chi connectivity index (χ0n) is 48.2. The number of halogens is 12. The Morgan fingerprint density at radius 3 is 1.08 bits per heavy atom. The zero-order valence-corrected chi connectivity index (χ0v) is 48.2. The molecule has 0 radical (unpaired) electrons. The third-order valence-corrected chi connectivity index (χ3v) is 15.8. The summed E-state index contributed by atoms with van der Waals surface area (Å²) in [7, 11) is 6.21. The van der Waals surface area contributed by atoms with E-state index in [4.69, 9.17) is 0 Å². The Morgan fingerprint density at radius 2 is 0.776 bits per heavy atom. The number of rotatable bonds is 10. The van der Waals surface area contributed by atoms with Crippen molar-refractivity contribution in [2.24, 2.45) is 0 Å². The van der Waals surface area contributed by atoms with E-state index in [1.807, 2.05) is 50.1 Å². The maximum Gasteiger partial charge on any atom is 0.416 e. The number of aryl methyl sites for hydroxylation is 2. The van der Waals surface area contributed by atoms with Crippen LogP contribution >= 0.6 is 0 Å². The number of alkyl halides is 12. The van der Waals surface area contributed by atoms with E-state index in [1.54, 1.807) is 48.3 Å². The van der Waals surface area contributed by atoms with Crippen molar-refractivity contribution in [3.05, 3.63) is 170 Å². The molecule has 2 saturated heterocycles. The summed E-state index contributed by atoms with van der Waals surface area (Å²) in [5.74, 6) is -1.01. The quantitative estimate of drug-likeness (QED) is 0.0574. The number of likely N-dealkylation sites (N-methyl/N-ethyl adjacent to an activating group) is 4. The first kappa shape index (κ1) is 64.9. The molecule has 2 amide bonds. The number of nitrogens with zero attached hydrogens (tertiary/aromatic N) is 8. The molecule has 0 aliphatic carbocycles. The van der Waals surface area contributed by atoms with Crippen molar-refractivity contribution in [3.8, 4) is 22.3 Å². The van der Waals surface area contributed by atoms with Gasteiger partial charge in [0.15, 0.2) is 0 Å². The molecule has 458 valence electrons. The monoisotopic (exact) mass is 1200 g/mol. The normalized spacial score (nSPS) is 15.5. The average molecular weight is 1210 g/mol. The van der Waals surface area contributed by atoms with Crippen LogP contribution in [0, 0.1) is 29.5 Å². The molecule has 4 heterocycles. The number of pyridine rings is 2. The predicted molar refractivity (Wildman–Crippen MR) is 298 cm³/mol. The molecule has 4 aromatic carbocycles. The molecule has 2 aliphatic heterocycles. The van der Waals surface area contributed by atoms with Crippen molar-refractivity contribution in [2.45, 2.75) is 77.1 Å². The van der Waals surface area contributed by atoms with Crippen LogP contribution in [0.4, 0.5) is 75.7 Å². The number of amides is 2. The maximum absolute atomic E-state index is 13.9. The molecule has 85 heavy (non-hydrogen) atoms. The number of hydrogen-bond donors (Lipinski definition) is 0. The Balaban J connectivity index is 0.000000244. The Bertz CT molecular complexity index is 3390. The average Bonchev–Trinajstić information content (AvgIpc) is 1.41. The van der Waals surface area contributed by atoms with Gasteiger partial charge >= 0.3 is 24.7 Å². The summed E-state index contributed by atoms with van der Waals surface area (Å²) in [4.78, 5) is 35.9. The Labute approximate surface area is 483 Å². The van der Waals surface area contributed by atoms with Gasteiger partial charge in [-0.1, -0.05) is 48.5 Å². The van der Waals surface area contributed by atoms with Gasteiger partial charge in [0, 0.05) is 50.4 Å². The van der Waals surface area contributed by atoms with Gasteiger partial charge in [-0.25, -0.2) is 14.4 Å². The van der Waals surface area contributed by atoms with E-state index >= 15 is 0 Å². The topological polar surface area (TPSA) is 127 Å². The molecule has 0 unspecified atom stereocenters. The van der Waals surface area contributed by atoms with Crippen LogP contribution in [0.25, 0.3) is 22.3 Å². The van der Waals surface area contributed by atoms with Gasteiger partial charge in [0.2, 0.25) is 11.8 Å². The van der Waals surface area contributed by atoms with Crippen LogP contribution in [0.3, 0.4) is 0 Å². The van der Waals surface area contributed by atoms with Crippen LogP contribution in [0.5, 0.6) is 0 Å². The third kappa shape index (κ3) is 14.2. The van der Waals surface area contributed by atoms with E-state index in [-0.39, 0.29) is 42.4 Å². The van der Waals surface area contributed by atoms with Crippen LogP contribution in [0.1, 0.15) is 72.2 Å². The number of carbonyl (C=O) groups is 2. The number of anilines is 4. The highest BCUT2D eigenvalue weighted by Gasteiger charge is 2.44. The smallest absolute Gasteiger partial charge is 0.416 e. The van der Waals surface area contributed by atoms with Crippen molar-refractivity contribution in [3.63, 3.8) is 0 Å². The van der Waals surface area contributed by atoms with E-state index in [0.29, 0.717) is 82.4 Å². The molecule has 0 bridgehead atoms. The summed E-state index contributed by atoms with van der Waals surface area (Å²) in [6.07, 6.45) is -17.9. The molecule has 6 aromatic rings. The lowest BCUT2D eigenvalue weighted by molar-refractivity contribution is -0.861. The second kappa shape index (κ2) is 23.7. The van der Waals surface area contributed by atoms with E-state index in [0.717, 1.165) is 45.8 Å². The fraction of sp³-hybridized carbons (Fsp3) is 0.400. The van der Waals surface area contributed by atoms with Gasteiger partial charge in [0.1, 0.15) is 38.6 Å². The molecule has 0 saturated carbocycles. The second-order valence-electron chi connectivity index (χ2n) is 22.7. The van der Waals surface area contributed by atoms with E-state index < -0.39 is 85.4 Å². The molecule has 2 aromatic heterocycles. The number of aromatic nitrogens is 2. The summed E-state index contributed by atoms with van der Waals surface area (Å²) in [6, 6.07) is 20.0. The first-order valence-electron chi connectivity index (χ1n) is 26.7. The molecule has 0 spiro atoms. The van der Waals surface area contributed by atoms with Crippen molar-refractivity contribution in [1.29, 1.82) is 0 Å². The summed E-state index contributed by atoms with van der Waals surface area (Å²) in [5, 5.41) is 39.0. The zero-order chi connectivity index (χ0) is 63.3. The van der Waals surface area contributed by atoms with Gasteiger partial charge < -0.3 is 30.1 Å². The number of benzene rings is 4. The Morgan fingerprint density at radius 1 is 0.482 bits per heavy atom. The minimum atomic E-state index is -5.08. The Kier molecular flexibility index (Phi) is 18.1. The Hall–Kier alpha value is -7.64. The number of quaternary nitrogens is 1. The minimum Gasteiger partial charge on any atom is -0.711 e. The molecule has 13 nitrogen and oxygen atoms in total. The molecular formula is C60H64F12N8O5. The summed E-state index contributed by atoms with van der Waals surface area (Å²) in [6.45, 7) is 12.5. The van der Waals surface area contributed by atoms with E-state index in [2.05, 4.69) is 4.90 Å². The first-order valence-corrected chi connectivity index (χ1v) is 26.7. The molecule has 25 heteroatoms. The van der Waals surface area contributed by atoms with Crippen molar-refractivity contribution in [2.75, 3.05) is 100 Å². The van der Waals surface area contributed by atoms with Crippen LogP contribution in [-0.2, 0) is 45.1 Å². The molecular weight excluding hydrogens is 1140 g/mol. The summed E-state index contributed by atoms with van der Waals surface area (Å²) < 4.78 is 164. The largest absolute Gasteiger partial charge is 0.711 e. The summed E-state index contributed by atoms with van der Waals surface area (Å²) >= 11 is 0. The van der Waals surface area contributed by atoms with Crippen molar-refractivity contribution in [1.82, 2.24) is 4.90 Å². The first-order chi connectivity index (χ1) is 39.1. The highest BCUT2D eigenvalue weighted by molar-refractivity contribution is 6.04. The number of piperazine rings is 2. The molecule has 2 aliphatic rings. The van der Waals surface area contributed by atoms with Gasteiger partial charge in [-0.3, -0.25) is 19.4 Å². The fourth-order valence-electron chi connectivity index (χ4n) is 10.3. The standard InChI is InChI=1S/C30H32F6N4O3.C30H32F6N4O2/c1-19-8-6-7-9-23(19)24-17-26(38-10-12-40(5,43)13-11-38)39(42)18-25(24)37(4)27(41)28(2,3)20-14-21(29(31,32)33)16-22(15-20)30(34,35)36;1-19-8-6-7-9-23(19)24-17-26(39-12-10-37(4)11-13-39)40(42)18-25(24)38(5)27(41)28(2,3)20-14-21(29(31,32)33)16-22(15-20)30(34,35)36/h6-9,14-18H,10-13H2,1-5H3;6-9,14-18H,10-13H2,1-5H3. The highest BCUT2D eigenvalue weighted by Crippen LogP contribution is 2.44. The van der Waals surface area contributed by atoms with Gasteiger partial charge in [0.05, 0.1) is 64.6 Å². The van der Waals surface area contributed by atoms with Crippen LogP contribution < -0.4 is 29.1 Å². The predicted octanol–water partition coefficient (Wildman–Crippen LogP) is 12.1. The van der Waals surface area contributed by atoms with Crippen LogP contribution in [0.15, 0.2) is 109 Å². The number of hydrogen-bond acceptors (Lipinski definition) is 8. The summed E-state index contributed by atoms with van der Waals surface area (Å²) in [5.41, 5.74) is -6.43. The van der Waals surface area contributed by atoms with Gasteiger partial charge in [-0.2, -0.15) is 52.7 Å². The molecule has 8 rings (SSSR count). The van der Waals surface area contributed by atoms with E-state index in [1.165, 1.54) is 48.0 Å². The SMILES string of the molecule is Cc1ccccc1-c1cc(N2CCN(C)CC2)[n+]([O-])cc1N(C)C(=O)C(C)(C)c1cc(C(F)(F)F)cc(C(F)(F)F)c1.Cc1ccccc1-c1cc(N2CC[N+](C)([O-])CC2)[n+]([O-])cc1N(C)C(=O)C(C)(C)c1cc(C(F)(F)F)cc(C(F)(F)F)c1. The van der Waals surface area contributed by atoms with Crippen LogP contribution in [0.2, 0.25) is 0 Å². The lowest BCUT2D eigenvalue weighted by Crippen LogP contribution is -2.56. The second-order valence-corrected chi connectivity index (χ2v) is 22.7. The van der Waals surface area contributed by atoms with Crippen molar-refractivity contribution < 1.29 is 76.4 Å². The number of hydroxylamine groups is 3. The number of carbonyl (C=O) groups excluding carboxylic acids is 2. The fourth-order valence-corrected chi connectivity index (χ4v) is 10.3.